The Bertz CT molecular complexity index is 197. The molecule has 0 amide bonds. The summed E-state index contributed by atoms with van der Waals surface area (Å²) in [5.74, 6) is -0.148. The maximum absolute atomic E-state index is 11.2. The molecule has 0 spiro atoms. The highest BCUT2D eigenvalue weighted by atomic mass is 16.5. The molecular weight excluding hydrogens is 192 g/mol. The van der Waals surface area contributed by atoms with Gasteiger partial charge in [0.05, 0.1) is 19.1 Å². The molecule has 0 bridgehead atoms. The number of ether oxygens (including phenoxy) is 2. The average molecular weight is 214 g/mol. The highest BCUT2D eigenvalue weighted by molar-refractivity contribution is 5.70. The van der Waals surface area contributed by atoms with Gasteiger partial charge in [-0.15, -0.1) is 0 Å². The van der Waals surface area contributed by atoms with Gasteiger partial charge in [-0.25, -0.2) is 0 Å². The van der Waals surface area contributed by atoms with Gasteiger partial charge in [0.15, 0.2) is 0 Å². The molecule has 1 saturated carbocycles. The van der Waals surface area contributed by atoms with Crippen LogP contribution in [0.4, 0.5) is 0 Å². The van der Waals surface area contributed by atoms with Crippen LogP contribution in [0.2, 0.25) is 0 Å². The molecule has 1 aliphatic rings. The smallest absolute Gasteiger partial charge is 0.308 e. The molecule has 1 rings (SSSR count). The van der Waals surface area contributed by atoms with Crippen molar-refractivity contribution in [1.82, 2.24) is 0 Å². The zero-order valence-electron chi connectivity index (χ0n) is 9.88. The van der Waals surface area contributed by atoms with Crippen molar-refractivity contribution < 1.29 is 14.3 Å². The number of hydrogen-bond donors (Lipinski definition) is 0. The van der Waals surface area contributed by atoms with Crippen LogP contribution in [0.3, 0.4) is 0 Å². The van der Waals surface area contributed by atoms with Crippen LogP contribution >= 0.6 is 0 Å². The topological polar surface area (TPSA) is 35.5 Å². The minimum absolute atomic E-state index is 0.148. The molecule has 0 N–H and O–H groups in total. The fourth-order valence-corrected chi connectivity index (χ4v) is 1.92. The predicted molar refractivity (Wildman–Crippen MR) is 58.7 cm³/mol. The summed E-state index contributed by atoms with van der Waals surface area (Å²) in [6.07, 6.45) is 7.12. The molecule has 15 heavy (non-hydrogen) atoms. The lowest BCUT2D eigenvalue weighted by Gasteiger charge is -2.40. The van der Waals surface area contributed by atoms with Crippen molar-refractivity contribution >= 4 is 5.97 Å². The van der Waals surface area contributed by atoms with Gasteiger partial charge in [-0.05, 0) is 25.7 Å². The van der Waals surface area contributed by atoms with E-state index >= 15 is 0 Å². The summed E-state index contributed by atoms with van der Waals surface area (Å²) in [6, 6.07) is 0. The summed E-state index contributed by atoms with van der Waals surface area (Å²) >= 11 is 0. The van der Waals surface area contributed by atoms with E-state index in [0.29, 0.717) is 6.42 Å². The molecule has 0 aromatic heterocycles. The summed E-state index contributed by atoms with van der Waals surface area (Å²) < 4.78 is 10.5. The zero-order chi connectivity index (χ0) is 11.1. The van der Waals surface area contributed by atoms with Crippen molar-refractivity contribution in [2.45, 2.75) is 57.5 Å². The molecule has 3 nitrogen and oxygen atoms in total. The maximum atomic E-state index is 11.2. The Labute approximate surface area is 92.1 Å². The minimum atomic E-state index is -0.180. The van der Waals surface area contributed by atoms with E-state index in [2.05, 4.69) is 6.92 Å². The number of hydrogen-bond acceptors (Lipinski definition) is 3. The number of rotatable bonds is 7. The first kappa shape index (κ1) is 12.5. The van der Waals surface area contributed by atoms with E-state index in [1.54, 1.807) is 0 Å². The van der Waals surface area contributed by atoms with Crippen LogP contribution in [0.1, 0.15) is 51.9 Å². The van der Waals surface area contributed by atoms with Gasteiger partial charge in [0.2, 0.25) is 0 Å². The third-order valence-electron chi connectivity index (χ3n) is 3.12. The van der Waals surface area contributed by atoms with Crippen molar-refractivity contribution in [3.8, 4) is 0 Å². The van der Waals surface area contributed by atoms with Crippen LogP contribution in [-0.2, 0) is 14.3 Å². The van der Waals surface area contributed by atoms with E-state index in [0.717, 1.165) is 25.9 Å². The van der Waals surface area contributed by atoms with Crippen molar-refractivity contribution in [2.24, 2.45) is 0 Å². The number of carbonyl (C=O) groups excluding carboxylic acids is 1. The van der Waals surface area contributed by atoms with Crippen molar-refractivity contribution in [2.75, 3.05) is 13.7 Å². The van der Waals surface area contributed by atoms with Crippen molar-refractivity contribution in [3.05, 3.63) is 0 Å². The molecular formula is C12H22O3. The third kappa shape index (κ3) is 3.82. The zero-order valence-corrected chi connectivity index (χ0v) is 9.88. The summed E-state index contributed by atoms with van der Waals surface area (Å²) in [4.78, 5) is 11.2. The monoisotopic (exact) mass is 214 g/mol. The molecule has 0 saturated heterocycles. The molecule has 0 aromatic carbocycles. The van der Waals surface area contributed by atoms with Gasteiger partial charge < -0.3 is 9.47 Å². The molecule has 0 heterocycles. The average Bonchev–Trinajstić information content (AvgIpc) is 2.20. The van der Waals surface area contributed by atoms with Gasteiger partial charge in [0, 0.05) is 6.61 Å². The van der Waals surface area contributed by atoms with E-state index in [1.807, 2.05) is 0 Å². The molecule has 88 valence electrons. The predicted octanol–water partition coefficient (Wildman–Crippen LogP) is 2.68. The molecule has 0 aliphatic heterocycles. The molecule has 0 aromatic rings. The maximum Gasteiger partial charge on any atom is 0.308 e. The highest BCUT2D eigenvalue weighted by Crippen LogP contribution is 2.39. The lowest BCUT2D eigenvalue weighted by molar-refractivity contribution is -0.157. The first-order valence-corrected chi connectivity index (χ1v) is 5.93. The number of methoxy groups -OCH3 is 1. The molecule has 1 fully saturated rings. The van der Waals surface area contributed by atoms with Gasteiger partial charge in [-0.1, -0.05) is 19.8 Å². The fourth-order valence-electron chi connectivity index (χ4n) is 1.92. The van der Waals surface area contributed by atoms with Gasteiger partial charge >= 0.3 is 5.97 Å². The van der Waals surface area contributed by atoms with E-state index in [4.69, 9.17) is 9.47 Å². The van der Waals surface area contributed by atoms with Gasteiger partial charge in [0.25, 0.3) is 0 Å². The standard InChI is InChI=1S/C12H22O3/c1-3-4-5-9-15-12(7-6-8-12)10-11(13)14-2/h3-10H2,1-2H3. The number of unbranched alkanes of at least 4 members (excludes halogenated alkanes) is 2. The normalized spacial score (nSPS) is 18.3. The lowest BCUT2D eigenvalue weighted by atomic mass is 9.77. The van der Waals surface area contributed by atoms with E-state index in [-0.39, 0.29) is 11.6 Å². The largest absolute Gasteiger partial charge is 0.469 e. The van der Waals surface area contributed by atoms with E-state index in [1.165, 1.54) is 26.4 Å². The van der Waals surface area contributed by atoms with E-state index in [9.17, 15) is 4.79 Å². The first-order valence-electron chi connectivity index (χ1n) is 5.93. The van der Waals surface area contributed by atoms with Crippen LogP contribution in [0, 0.1) is 0 Å². The van der Waals surface area contributed by atoms with Gasteiger partial charge in [-0.3, -0.25) is 4.79 Å². The Kier molecular flexibility index (Phi) is 5.09. The van der Waals surface area contributed by atoms with Crippen LogP contribution in [0.15, 0.2) is 0 Å². The third-order valence-corrected chi connectivity index (χ3v) is 3.12. The quantitative estimate of drug-likeness (QED) is 0.483. The number of carbonyl (C=O) groups is 1. The summed E-state index contributed by atoms with van der Waals surface area (Å²) in [5.41, 5.74) is -0.180. The van der Waals surface area contributed by atoms with Crippen LogP contribution in [-0.4, -0.2) is 25.3 Å². The van der Waals surface area contributed by atoms with Crippen molar-refractivity contribution in [1.29, 1.82) is 0 Å². The summed E-state index contributed by atoms with van der Waals surface area (Å²) in [6.45, 7) is 2.96. The molecule has 3 heteroatoms. The summed E-state index contributed by atoms with van der Waals surface area (Å²) in [5, 5.41) is 0. The Morgan fingerprint density at radius 2 is 2.07 bits per heavy atom. The Hall–Kier alpha value is -0.570. The van der Waals surface area contributed by atoms with Gasteiger partial charge in [0.1, 0.15) is 0 Å². The van der Waals surface area contributed by atoms with Crippen LogP contribution < -0.4 is 0 Å². The molecule has 0 radical (unpaired) electrons. The second kappa shape index (κ2) is 6.11. The second-order valence-electron chi connectivity index (χ2n) is 4.35. The molecule has 1 aliphatic carbocycles. The SMILES string of the molecule is CCCCCOC1(CC(=O)OC)CCC1. The summed E-state index contributed by atoms with van der Waals surface area (Å²) in [7, 11) is 1.44. The van der Waals surface area contributed by atoms with Gasteiger partial charge in [-0.2, -0.15) is 0 Å². The number of esters is 1. The highest BCUT2D eigenvalue weighted by Gasteiger charge is 2.40. The second-order valence-corrected chi connectivity index (χ2v) is 4.35. The Balaban J connectivity index is 2.23. The van der Waals surface area contributed by atoms with Crippen LogP contribution in [0.5, 0.6) is 0 Å². The van der Waals surface area contributed by atoms with E-state index < -0.39 is 0 Å². The Morgan fingerprint density at radius 1 is 1.33 bits per heavy atom. The van der Waals surface area contributed by atoms with Crippen LogP contribution in [0.25, 0.3) is 0 Å². The van der Waals surface area contributed by atoms with Crippen molar-refractivity contribution in [3.63, 3.8) is 0 Å². The molecule has 0 unspecified atom stereocenters. The first-order chi connectivity index (χ1) is 7.22. The minimum Gasteiger partial charge on any atom is -0.469 e. The lowest BCUT2D eigenvalue weighted by Crippen LogP contribution is -2.42. The molecule has 0 atom stereocenters. The Morgan fingerprint density at radius 3 is 2.53 bits per heavy atom. The fraction of sp³-hybridized carbons (Fsp3) is 0.917.